The van der Waals surface area contributed by atoms with Crippen LogP contribution in [0.5, 0.6) is 11.5 Å². The standard InChI is InChI=1S/C21H20N4O4/c1-13(26)14-4-6-15(7-5-14)22-20-11-9-17(24-25-20)21(27)23-16-8-10-18(28-2)19(12-16)29-3/h4-12H,1-3H3,(H,22,25)(H,23,27). The molecule has 0 unspecified atom stereocenters. The van der Waals surface area contributed by atoms with Crippen molar-refractivity contribution in [3.8, 4) is 11.5 Å². The van der Waals surface area contributed by atoms with Crippen LogP contribution in [0.3, 0.4) is 0 Å². The molecule has 0 bridgehead atoms. The van der Waals surface area contributed by atoms with E-state index in [9.17, 15) is 9.59 Å². The number of nitrogens with one attached hydrogen (secondary N) is 2. The molecule has 29 heavy (non-hydrogen) atoms. The largest absolute Gasteiger partial charge is 0.493 e. The van der Waals surface area contributed by atoms with Crippen LogP contribution in [-0.4, -0.2) is 36.1 Å². The quantitative estimate of drug-likeness (QED) is 0.591. The van der Waals surface area contributed by atoms with Crippen LogP contribution in [0.2, 0.25) is 0 Å². The van der Waals surface area contributed by atoms with E-state index >= 15 is 0 Å². The molecule has 1 heterocycles. The van der Waals surface area contributed by atoms with Gasteiger partial charge in [-0.1, -0.05) is 0 Å². The van der Waals surface area contributed by atoms with Crippen LogP contribution in [0.1, 0.15) is 27.8 Å². The second kappa shape index (κ2) is 8.83. The average molecular weight is 392 g/mol. The molecule has 1 amide bonds. The fourth-order valence-electron chi connectivity index (χ4n) is 2.57. The van der Waals surface area contributed by atoms with Crippen molar-refractivity contribution in [3.63, 3.8) is 0 Å². The highest BCUT2D eigenvalue weighted by molar-refractivity contribution is 6.03. The highest BCUT2D eigenvalue weighted by Crippen LogP contribution is 2.29. The zero-order valence-corrected chi connectivity index (χ0v) is 16.2. The molecule has 0 atom stereocenters. The number of anilines is 3. The molecule has 0 spiro atoms. The predicted molar refractivity (Wildman–Crippen MR) is 109 cm³/mol. The molecule has 2 aromatic carbocycles. The molecule has 8 nitrogen and oxygen atoms in total. The Morgan fingerprint density at radius 3 is 2.10 bits per heavy atom. The van der Waals surface area contributed by atoms with Gasteiger partial charge in [0, 0.05) is 23.0 Å². The van der Waals surface area contributed by atoms with Crippen LogP contribution in [-0.2, 0) is 0 Å². The summed E-state index contributed by atoms with van der Waals surface area (Å²) in [5, 5.41) is 13.8. The van der Waals surface area contributed by atoms with Crippen molar-refractivity contribution >= 4 is 28.9 Å². The molecule has 0 saturated carbocycles. The number of methoxy groups -OCH3 is 2. The normalized spacial score (nSPS) is 10.2. The minimum Gasteiger partial charge on any atom is -0.493 e. The Kier molecular flexibility index (Phi) is 6.03. The first kappa shape index (κ1) is 19.8. The van der Waals surface area contributed by atoms with Crippen molar-refractivity contribution in [2.24, 2.45) is 0 Å². The van der Waals surface area contributed by atoms with E-state index in [0.717, 1.165) is 5.69 Å². The third-order valence-electron chi connectivity index (χ3n) is 4.10. The number of carbonyl (C=O) groups excluding carboxylic acids is 2. The molecule has 0 aliphatic heterocycles. The molecule has 3 aromatic rings. The van der Waals surface area contributed by atoms with Gasteiger partial charge in [0.1, 0.15) is 0 Å². The molecule has 3 rings (SSSR count). The molecule has 148 valence electrons. The van der Waals surface area contributed by atoms with Crippen molar-refractivity contribution in [1.29, 1.82) is 0 Å². The number of amides is 1. The minimum absolute atomic E-state index is 0.00110. The summed E-state index contributed by atoms with van der Waals surface area (Å²) in [5.74, 6) is 1.15. The third-order valence-corrected chi connectivity index (χ3v) is 4.10. The molecular formula is C21H20N4O4. The van der Waals surface area contributed by atoms with E-state index in [4.69, 9.17) is 9.47 Å². The maximum atomic E-state index is 12.4. The topological polar surface area (TPSA) is 102 Å². The number of Topliss-reactive ketones (excluding diaryl/α,β-unsaturated/α-hetero) is 1. The fraction of sp³-hybridized carbons (Fsp3) is 0.143. The molecule has 0 aliphatic carbocycles. The van der Waals surface area contributed by atoms with Crippen molar-refractivity contribution in [2.75, 3.05) is 24.9 Å². The monoisotopic (exact) mass is 392 g/mol. The first-order valence-electron chi connectivity index (χ1n) is 8.75. The van der Waals surface area contributed by atoms with Gasteiger partial charge in [0.2, 0.25) is 0 Å². The summed E-state index contributed by atoms with van der Waals surface area (Å²) in [6, 6.07) is 15.3. The van der Waals surface area contributed by atoms with Crippen LogP contribution in [0.4, 0.5) is 17.2 Å². The Hall–Kier alpha value is -3.94. The summed E-state index contributed by atoms with van der Waals surface area (Å²) in [7, 11) is 3.06. The van der Waals surface area contributed by atoms with E-state index in [-0.39, 0.29) is 11.5 Å². The Morgan fingerprint density at radius 1 is 0.828 bits per heavy atom. The van der Waals surface area contributed by atoms with E-state index in [0.29, 0.717) is 28.6 Å². The molecule has 2 N–H and O–H groups in total. The highest BCUT2D eigenvalue weighted by atomic mass is 16.5. The van der Waals surface area contributed by atoms with Gasteiger partial charge < -0.3 is 20.1 Å². The summed E-state index contributed by atoms with van der Waals surface area (Å²) in [6.07, 6.45) is 0. The van der Waals surface area contributed by atoms with Gasteiger partial charge in [0.15, 0.2) is 28.8 Å². The number of rotatable bonds is 7. The van der Waals surface area contributed by atoms with Gasteiger partial charge in [0.05, 0.1) is 14.2 Å². The average Bonchev–Trinajstić information content (AvgIpc) is 2.74. The third kappa shape index (κ3) is 4.86. The predicted octanol–water partition coefficient (Wildman–Crippen LogP) is 3.69. The Bertz CT molecular complexity index is 1020. The zero-order chi connectivity index (χ0) is 20.8. The minimum atomic E-state index is -0.401. The van der Waals surface area contributed by atoms with Crippen LogP contribution in [0.25, 0.3) is 0 Å². The number of nitrogens with zero attached hydrogens (tertiary/aromatic N) is 2. The van der Waals surface area contributed by atoms with Crippen LogP contribution in [0.15, 0.2) is 54.6 Å². The van der Waals surface area contributed by atoms with Gasteiger partial charge >= 0.3 is 0 Å². The zero-order valence-electron chi connectivity index (χ0n) is 16.2. The highest BCUT2D eigenvalue weighted by Gasteiger charge is 2.11. The SMILES string of the molecule is COc1ccc(NC(=O)c2ccc(Nc3ccc(C(C)=O)cc3)nn2)cc1OC. The molecular weight excluding hydrogens is 372 g/mol. The Labute approximate surface area is 167 Å². The number of benzene rings is 2. The van der Waals surface area contributed by atoms with Gasteiger partial charge in [-0.2, -0.15) is 0 Å². The van der Waals surface area contributed by atoms with Crippen LogP contribution in [0, 0.1) is 0 Å². The van der Waals surface area contributed by atoms with E-state index in [2.05, 4.69) is 20.8 Å². The Balaban J connectivity index is 1.66. The first-order chi connectivity index (χ1) is 14.0. The molecule has 0 aliphatic rings. The Morgan fingerprint density at radius 2 is 1.52 bits per heavy atom. The van der Waals surface area contributed by atoms with Gasteiger partial charge in [-0.25, -0.2) is 0 Å². The molecule has 0 fully saturated rings. The van der Waals surface area contributed by atoms with Crippen molar-refractivity contribution in [3.05, 3.63) is 65.9 Å². The first-order valence-corrected chi connectivity index (χ1v) is 8.75. The van der Waals surface area contributed by atoms with Gasteiger partial charge in [0.25, 0.3) is 5.91 Å². The molecule has 0 saturated heterocycles. The summed E-state index contributed by atoms with van der Waals surface area (Å²) in [4.78, 5) is 23.7. The van der Waals surface area contributed by atoms with Gasteiger partial charge in [-0.3, -0.25) is 9.59 Å². The fourth-order valence-corrected chi connectivity index (χ4v) is 2.57. The maximum absolute atomic E-state index is 12.4. The smallest absolute Gasteiger partial charge is 0.276 e. The van der Waals surface area contributed by atoms with Crippen molar-refractivity contribution in [2.45, 2.75) is 6.92 Å². The van der Waals surface area contributed by atoms with E-state index < -0.39 is 5.91 Å². The summed E-state index contributed by atoms with van der Waals surface area (Å²) in [6.45, 7) is 1.51. The van der Waals surface area contributed by atoms with E-state index in [1.807, 2.05) is 0 Å². The second-order valence-electron chi connectivity index (χ2n) is 6.09. The lowest BCUT2D eigenvalue weighted by Crippen LogP contribution is -2.14. The van der Waals surface area contributed by atoms with Gasteiger partial charge in [-0.05, 0) is 55.5 Å². The van der Waals surface area contributed by atoms with Crippen LogP contribution < -0.4 is 20.1 Å². The van der Waals surface area contributed by atoms with Gasteiger partial charge in [-0.15, -0.1) is 10.2 Å². The van der Waals surface area contributed by atoms with Crippen LogP contribution >= 0.6 is 0 Å². The lowest BCUT2D eigenvalue weighted by Gasteiger charge is -2.10. The number of carbonyl (C=O) groups is 2. The molecule has 1 aromatic heterocycles. The van der Waals surface area contributed by atoms with E-state index in [1.165, 1.54) is 14.0 Å². The number of hydrogen-bond donors (Lipinski definition) is 2. The number of aromatic nitrogens is 2. The lowest BCUT2D eigenvalue weighted by molar-refractivity contribution is 0.101. The number of ether oxygens (including phenoxy) is 2. The lowest BCUT2D eigenvalue weighted by atomic mass is 10.1. The molecule has 0 radical (unpaired) electrons. The van der Waals surface area contributed by atoms with Crippen molar-refractivity contribution in [1.82, 2.24) is 10.2 Å². The molecule has 8 heteroatoms. The van der Waals surface area contributed by atoms with E-state index in [1.54, 1.807) is 61.7 Å². The summed E-state index contributed by atoms with van der Waals surface area (Å²) >= 11 is 0. The van der Waals surface area contributed by atoms with Crippen molar-refractivity contribution < 1.29 is 19.1 Å². The number of hydrogen-bond acceptors (Lipinski definition) is 7. The number of ketones is 1. The summed E-state index contributed by atoms with van der Waals surface area (Å²) < 4.78 is 10.4. The maximum Gasteiger partial charge on any atom is 0.276 e. The second-order valence-corrected chi connectivity index (χ2v) is 6.09. The summed E-state index contributed by atoms with van der Waals surface area (Å²) in [5.41, 5.74) is 2.09.